The molecule has 0 aliphatic rings. The molecule has 98 valence electrons. The molecule has 3 heteroatoms. The van der Waals surface area contributed by atoms with Crippen LogP contribution in [0.4, 0.5) is 0 Å². The number of aliphatic hydroxyl groups excluding tert-OH is 1. The van der Waals surface area contributed by atoms with Gasteiger partial charge in [-0.05, 0) is 39.8 Å². The monoisotopic (exact) mass is 230 g/mol. The first-order valence-corrected chi connectivity index (χ1v) is 6.59. The smallest absolute Gasteiger partial charge is 0.0623 e. The molecule has 0 radical (unpaired) electrons. The third-order valence-electron chi connectivity index (χ3n) is 3.31. The second-order valence-corrected chi connectivity index (χ2v) is 5.03. The molecular formula is C13H30N2O. The van der Waals surface area contributed by atoms with Crippen molar-refractivity contribution in [1.29, 1.82) is 0 Å². The van der Waals surface area contributed by atoms with Gasteiger partial charge in [-0.1, -0.05) is 20.8 Å². The van der Waals surface area contributed by atoms with Crippen molar-refractivity contribution in [3.8, 4) is 0 Å². The van der Waals surface area contributed by atoms with Crippen molar-refractivity contribution >= 4 is 0 Å². The number of nitrogens with one attached hydrogen (secondary N) is 1. The van der Waals surface area contributed by atoms with Crippen molar-refractivity contribution in [2.75, 3.05) is 26.7 Å². The third-order valence-corrected chi connectivity index (χ3v) is 3.31. The van der Waals surface area contributed by atoms with Gasteiger partial charge in [-0.2, -0.15) is 0 Å². The van der Waals surface area contributed by atoms with Crippen LogP contribution in [0.1, 0.15) is 47.0 Å². The van der Waals surface area contributed by atoms with Crippen molar-refractivity contribution in [2.45, 2.75) is 58.5 Å². The van der Waals surface area contributed by atoms with E-state index in [0.29, 0.717) is 6.04 Å². The molecule has 0 heterocycles. The number of nitrogens with zero attached hydrogens (tertiary/aromatic N) is 1. The molecule has 0 saturated heterocycles. The zero-order valence-corrected chi connectivity index (χ0v) is 11.7. The molecule has 0 aromatic carbocycles. The fourth-order valence-corrected chi connectivity index (χ4v) is 2.18. The van der Waals surface area contributed by atoms with E-state index in [1.807, 2.05) is 0 Å². The number of aliphatic hydroxyl groups is 1. The SMILES string of the molecule is CCCNC(C)(CO)CN(C)C(CC)CC. The maximum atomic E-state index is 9.50. The Kier molecular flexibility index (Phi) is 7.98. The fraction of sp³-hybridized carbons (Fsp3) is 1.00. The molecule has 0 aromatic heterocycles. The first-order chi connectivity index (χ1) is 7.52. The summed E-state index contributed by atoms with van der Waals surface area (Å²) in [5, 5.41) is 12.9. The first kappa shape index (κ1) is 15.9. The molecule has 2 N–H and O–H groups in total. The van der Waals surface area contributed by atoms with Crippen LogP contribution < -0.4 is 5.32 Å². The van der Waals surface area contributed by atoms with Gasteiger partial charge >= 0.3 is 0 Å². The van der Waals surface area contributed by atoms with Gasteiger partial charge in [-0.15, -0.1) is 0 Å². The largest absolute Gasteiger partial charge is 0.394 e. The Morgan fingerprint density at radius 1 is 1.25 bits per heavy atom. The van der Waals surface area contributed by atoms with Crippen molar-refractivity contribution in [1.82, 2.24) is 10.2 Å². The summed E-state index contributed by atoms with van der Waals surface area (Å²) >= 11 is 0. The summed E-state index contributed by atoms with van der Waals surface area (Å²) in [4.78, 5) is 2.36. The molecule has 16 heavy (non-hydrogen) atoms. The molecule has 0 spiro atoms. The molecular weight excluding hydrogens is 200 g/mol. The number of likely N-dealkylation sites (N-methyl/N-ethyl adjacent to an activating group) is 1. The molecule has 0 saturated carbocycles. The predicted octanol–water partition coefficient (Wildman–Crippen LogP) is 1.86. The van der Waals surface area contributed by atoms with Gasteiger partial charge in [-0.3, -0.25) is 0 Å². The van der Waals surface area contributed by atoms with Gasteiger partial charge in [0, 0.05) is 12.6 Å². The van der Waals surface area contributed by atoms with E-state index in [-0.39, 0.29) is 12.1 Å². The molecule has 0 aromatic rings. The molecule has 0 fully saturated rings. The van der Waals surface area contributed by atoms with Crippen LogP contribution in [0.25, 0.3) is 0 Å². The summed E-state index contributed by atoms with van der Waals surface area (Å²) in [6.45, 7) is 10.7. The van der Waals surface area contributed by atoms with E-state index >= 15 is 0 Å². The average molecular weight is 230 g/mol. The normalized spacial score (nSPS) is 15.8. The first-order valence-electron chi connectivity index (χ1n) is 6.59. The topological polar surface area (TPSA) is 35.5 Å². The minimum Gasteiger partial charge on any atom is -0.394 e. The lowest BCUT2D eigenvalue weighted by Crippen LogP contribution is -2.55. The van der Waals surface area contributed by atoms with Crippen molar-refractivity contribution in [3.63, 3.8) is 0 Å². The fourth-order valence-electron chi connectivity index (χ4n) is 2.18. The Balaban J connectivity index is 4.27. The van der Waals surface area contributed by atoms with E-state index in [0.717, 1.165) is 19.5 Å². The van der Waals surface area contributed by atoms with Gasteiger partial charge in [-0.25, -0.2) is 0 Å². The Bertz CT molecular complexity index is 171. The quantitative estimate of drug-likeness (QED) is 0.634. The van der Waals surface area contributed by atoms with Gasteiger partial charge in [0.2, 0.25) is 0 Å². The lowest BCUT2D eigenvalue weighted by Gasteiger charge is -2.36. The minimum absolute atomic E-state index is 0.173. The highest BCUT2D eigenvalue weighted by molar-refractivity contribution is 4.86. The van der Waals surface area contributed by atoms with Crippen molar-refractivity contribution in [2.24, 2.45) is 0 Å². The standard InChI is InChI=1S/C13H30N2O/c1-6-9-14-13(4,11-16)10-15(5)12(7-2)8-3/h12,14,16H,6-11H2,1-5H3. The number of rotatable bonds is 9. The highest BCUT2D eigenvalue weighted by Crippen LogP contribution is 2.12. The highest BCUT2D eigenvalue weighted by Gasteiger charge is 2.26. The van der Waals surface area contributed by atoms with Crippen LogP contribution in [0.2, 0.25) is 0 Å². The van der Waals surface area contributed by atoms with Crippen LogP contribution >= 0.6 is 0 Å². The lowest BCUT2D eigenvalue weighted by molar-refractivity contribution is 0.109. The summed E-state index contributed by atoms with van der Waals surface area (Å²) in [7, 11) is 2.15. The second-order valence-electron chi connectivity index (χ2n) is 5.03. The van der Waals surface area contributed by atoms with E-state index in [2.05, 4.69) is 45.0 Å². The lowest BCUT2D eigenvalue weighted by atomic mass is 10.0. The second kappa shape index (κ2) is 8.04. The molecule has 1 atom stereocenters. The molecule has 1 unspecified atom stereocenters. The Hall–Kier alpha value is -0.120. The molecule has 0 bridgehead atoms. The maximum absolute atomic E-state index is 9.50. The Labute approximate surface area is 101 Å². The maximum Gasteiger partial charge on any atom is 0.0623 e. The van der Waals surface area contributed by atoms with Gasteiger partial charge in [0.15, 0.2) is 0 Å². The average Bonchev–Trinajstić information content (AvgIpc) is 2.28. The Morgan fingerprint density at radius 2 is 1.81 bits per heavy atom. The van der Waals surface area contributed by atoms with Crippen molar-refractivity contribution < 1.29 is 5.11 Å². The summed E-state index contributed by atoms with van der Waals surface area (Å²) in [6.07, 6.45) is 3.44. The highest BCUT2D eigenvalue weighted by atomic mass is 16.3. The Morgan fingerprint density at radius 3 is 2.19 bits per heavy atom. The van der Waals surface area contributed by atoms with E-state index in [1.54, 1.807) is 0 Å². The summed E-state index contributed by atoms with van der Waals surface area (Å²) in [5.74, 6) is 0. The van der Waals surface area contributed by atoms with E-state index in [1.165, 1.54) is 12.8 Å². The van der Waals surface area contributed by atoms with Gasteiger partial charge in [0.1, 0.15) is 0 Å². The summed E-state index contributed by atoms with van der Waals surface area (Å²) < 4.78 is 0. The van der Waals surface area contributed by atoms with E-state index in [9.17, 15) is 5.11 Å². The zero-order valence-electron chi connectivity index (χ0n) is 11.7. The van der Waals surface area contributed by atoms with Crippen LogP contribution in [-0.4, -0.2) is 48.3 Å². The van der Waals surface area contributed by atoms with Crippen LogP contribution in [0.15, 0.2) is 0 Å². The van der Waals surface area contributed by atoms with Gasteiger partial charge in [0.25, 0.3) is 0 Å². The van der Waals surface area contributed by atoms with Gasteiger partial charge in [0.05, 0.1) is 12.1 Å². The van der Waals surface area contributed by atoms with Crippen LogP contribution in [-0.2, 0) is 0 Å². The third kappa shape index (κ3) is 5.28. The molecule has 0 amide bonds. The summed E-state index contributed by atoms with van der Waals surface area (Å²) in [5.41, 5.74) is -0.173. The molecule has 3 nitrogen and oxygen atoms in total. The van der Waals surface area contributed by atoms with E-state index < -0.39 is 0 Å². The summed E-state index contributed by atoms with van der Waals surface area (Å²) in [6, 6.07) is 0.620. The van der Waals surface area contributed by atoms with Crippen molar-refractivity contribution in [3.05, 3.63) is 0 Å². The van der Waals surface area contributed by atoms with Crippen LogP contribution in [0.3, 0.4) is 0 Å². The van der Waals surface area contributed by atoms with Gasteiger partial charge < -0.3 is 15.3 Å². The molecule has 0 rings (SSSR count). The zero-order chi connectivity index (χ0) is 12.6. The molecule has 0 aliphatic heterocycles. The number of hydrogen-bond acceptors (Lipinski definition) is 3. The van der Waals surface area contributed by atoms with Crippen LogP contribution in [0.5, 0.6) is 0 Å². The minimum atomic E-state index is -0.173. The van der Waals surface area contributed by atoms with E-state index in [4.69, 9.17) is 0 Å². The number of hydrogen-bond donors (Lipinski definition) is 2. The van der Waals surface area contributed by atoms with Crippen LogP contribution in [0, 0.1) is 0 Å². The predicted molar refractivity (Wildman–Crippen MR) is 70.8 cm³/mol. The molecule has 0 aliphatic carbocycles.